The van der Waals surface area contributed by atoms with Crippen molar-refractivity contribution >= 4 is 11.9 Å². The molecule has 0 bridgehead atoms. The predicted octanol–water partition coefficient (Wildman–Crippen LogP) is 3.31. The maximum atomic E-state index is 12.1. The second-order valence-electron chi connectivity index (χ2n) is 4.58. The number of phenols is 2. The van der Waals surface area contributed by atoms with Crippen molar-refractivity contribution in [1.29, 1.82) is 0 Å². The monoisotopic (exact) mass is 284 g/mol. The van der Waals surface area contributed by atoms with Crippen LogP contribution in [0.15, 0.2) is 42.5 Å². The number of methoxy groups -OCH3 is 1. The first-order valence-electron chi connectivity index (χ1n) is 6.41. The molecule has 2 aromatic rings. The minimum absolute atomic E-state index is 0.0387. The van der Waals surface area contributed by atoms with Gasteiger partial charge < -0.3 is 14.9 Å². The number of rotatable bonds is 4. The molecular formula is C17H16O4. The summed E-state index contributed by atoms with van der Waals surface area (Å²) in [6, 6.07) is 10.0. The van der Waals surface area contributed by atoms with Crippen molar-refractivity contribution in [3.8, 4) is 17.2 Å². The third kappa shape index (κ3) is 3.23. The number of ether oxygens (including phenoxy) is 1. The Morgan fingerprint density at radius 3 is 2.38 bits per heavy atom. The van der Waals surface area contributed by atoms with Crippen LogP contribution in [-0.2, 0) is 0 Å². The van der Waals surface area contributed by atoms with E-state index in [0.717, 1.165) is 11.3 Å². The molecule has 0 saturated heterocycles. The number of phenolic OH excluding ortho intramolecular Hbond substituents is 2. The van der Waals surface area contributed by atoms with E-state index in [-0.39, 0.29) is 22.8 Å². The Bertz CT molecular complexity index is 685. The van der Waals surface area contributed by atoms with Crippen molar-refractivity contribution in [2.45, 2.75) is 6.92 Å². The van der Waals surface area contributed by atoms with Crippen LogP contribution < -0.4 is 4.74 Å². The molecule has 0 aliphatic carbocycles. The second-order valence-corrected chi connectivity index (χ2v) is 4.58. The van der Waals surface area contributed by atoms with Crippen LogP contribution in [0.4, 0.5) is 0 Å². The third-order valence-corrected chi connectivity index (χ3v) is 3.21. The fourth-order valence-electron chi connectivity index (χ4n) is 1.87. The average Bonchev–Trinajstić information content (AvgIpc) is 2.51. The van der Waals surface area contributed by atoms with E-state index >= 15 is 0 Å². The summed E-state index contributed by atoms with van der Waals surface area (Å²) in [5.74, 6) is 0.180. The molecule has 4 heteroatoms. The van der Waals surface area contributed by atoms with Gasteiger partial charge in [-0.3, -0.25) is 4.79 Å². The normalized spacial score (nSPS) is 10.8. The van der Waals surface area contributed by atoms with Gasteiger partial charge in [-0.15, -0.1) is 0 Å². The van der Waals surface area contributed by atoms with Crippen LogP contribution in [0.5, 0.6) is 17.2 Å². The predicted molar refractivity (Wildman–Crippen MR) is 80.9 cm³/mol. The van der Waals surface area contributed by atoms with Crippen molar-refractivity contribution < 1.29 is 19.7 Å². The summed E-state index contributed by atoms with van der Waals surface area (Å²) in [4.78, 5) is 12.1. The van der Waals surface area contributed by atoms with Crippen LogP contribution in [0.25, 0.3) is 6.08 Å². The summed E-state index contributed by atoms with van der Waals surface area (Å²) in [5, 5.41) is 19.3. The topological polar surface area (TPSA) is 66.8 Å². The molecule has 0 unspecified atom stereocenters. The fraction of sp³-hybridized carbons (Fsp3) is 0.118. The number of hydrogen-bond acceptors (Lipinski definition) is 4. The van der Waals surface area contributed by atoms with Crippen molar-refractivity contribution in [3.05, 3.63) is 59.2 Å². The van der Waals surface area contributed by atoms with E-state index in [2.05, 4.69) is 0 Å². The van der Waals surface area contributed by atoms with Gasteiger partial charge in [0.2, 0.25) is 0 Å². The number of allylic oxidation sites excluding steroid dienone is 1. The molecule has 0 fully saturated rings. The Balaban J connectivity index is 2.21. The van der Waals surface area contributed by atoms with Gasteiger partial charge in [0.15, 0.2) is 5.78 Å². The Morgan fingerprint density at radius 1 is 1.10 bits per heavy atom. The number of carbonyl (C=O) groups is 1. The minimum Gasteiger partial charge on any atom is -0.508 e. The fourth-order valence-corrected chi connectivity index (χ4v) is 1.87. The molecule has 21 heavy (non-hydrogen) atoms. The van der Waals surface area contributed by atoms with E-state index < -0.39 is 0 Å². The lowest BCUT2D eigenvalue weighted by Crippen LogP contribution is -1.96. The molecule has 2 rings (SSSR count). The molecule has 0 saturated carbocycles. The van der Waals surface area contributed by atoms with Crippen LogP contribution in [0.2, 0.25) is 0 Å². The van der Waals surface area contributed by atoms with Crippen molar-refractivity contribution in [2.75, 3.05) is 7.11 Å². The molecule has 0 heterocycles. The van der Waals surface area contributed by atoms with Crippen LogP contribution in [0.1, 0.15) is 21.5 Å². The third-order valence-electron chi connectivity index (χ3n) is 3.21. The summed E-state index contributed by atoms with van der Waals surface area (Å²) in [6.45, 7) is 1.55. The smallest absolute Gasteiger partial charge is 0.189 e. The highest BCUT2D eigenvalue weighted by atomic mass is 16.5. The molecule has 0 aromatic heterocycles. The van der Waals surface area contributed by atoms with Gasteiger partial charge in [-0.25, -0.2) is 0 Å². The van der Waals surface area contributed by atoms with Crippen molar-refractivity contribution in [1.82, 2.24) is 0 Å². The minimum atomic E-state index is -0.327. The van der Waals surface area contributed by atoms with E-state index in [1.807, 2.05) is 12.1 Å². The zero-order valence-corrected chi connectivity index (χ0v) is 11.8. The zero-order valence-electron chi connectivity index (χ0n) is 11.8. The average molecular weight is 284 g/mol. The number of carbonyl (C=O) groups excluding carboxylic acids is 1. The van der Waals surface area contributed by atoms with Crippen LogP contribution >= 0.6 is 0 Å². The zero-order chi connectivity index (χ0) is 15.4. The Kier molecular flexibility index (Phi) is 4.28. The second kappa shape index (κ2) is 6.13. The lowest BCUT2D eigenvalue weighted by molar-refractivity contribution is 0.104. The maximum absolute atomic E-state index is 12.1. The Hall–Kier alpha value is -2.75. The molecule has 4 nitrogen and oxygen atoms in total. The lowest BCUT2D eigenvalue weighted by atomic mass is 10.0. The van der Waals surface area contributed by atoms with Crippen LogP contribution in [0.3, 0.4) is 0 Å². The molecule has 2 aromatic carbocycles. The summed E-state index contributed by atoms with van der Waals surface area (Å²) in [7, 11) is 1.59. The molecule has 108 valence electrons. The number of ketones is 1. The van der Waals surface area contributed by atoms with Crippen LogP contribution in [0, 0.1) is 6.92 Å². The van der Waals surface area contributed by atoms with Crippen molar-refractivity contribution in [3.63, 3.8) is 0 Å². The number of hydrogen-bond donors (Lipinski definition) is 2. The summed E-state index contributed by atoms with van der Waals surface area (Å²) in [5.41, 5.74) is 1.30. The van der Waals surface area contributed by atoms with Gasteiger partial charge >= 0.3 is 0 Å². The number of benzene rings is 2. The largest absolute Gasteiger partial charge is 0.508 e. The van der Waals surface area contributed by atoms with Gasteiger partial charge in [-0.2, -0.15) is 0 Å². The standard InChI is InChI=1S/C17H16O4/c1-11-15(18)10-8-14(17(11)20)16(19)9-5-12-3-6-13(21-2)7-4-12/h3-10,18,20H,1-2H3/b9-5+. The summed E-state index contributed by atoms with van der Waals surface area (Å²) < 4.78 is 5.06. The maximum Gasteiger partial charge on any atom is 0.189 e. The molecule has 0 spiro atoms. The van der Waals surface area contributed by atoms with E-state index in [4.69, 9.17) is 4.74 Å². The Morgan fingerprint density at radius 2 is 1.76 bits per heavy atom. The molecule has 0 aliphatic rings. The van der Waals surface area contributed by atoms with Gasteiger partial charge in [-0.1, -0.05) is 18.2 Å². The van der Waals surface area contributed by atoms with Crippen molar-refractivity contribution in [2.24, 2.45) is 0 Å². The molecular weight excluding hydrogens is 268 g/mol. The van der Waals surface area contributed by atoms with E-state index in [1.165, 1.54) is 18.2 Å². The Labute approximate surface area is 122 Å². The quantitative estimate of drug-likeness (QED) is 0.667. The van der Waals surface area contributed by atoms with Gasteiger partial charge in [0.1, 0.15) is 17.2 Å². The SMILES string of the molecule is COc1ccc(/C=C/C(=O)c2ccc(O)c(C)c2O)cc1. The van der Waals surface area contributed by atoms with Gasteiger partial charge in [0, 0.05) is 5.56 Å². The molecule has 0 radical (unpaired) electrons. The highest BCUT2D eigenvalue weighted by Crippen LogP contribution is 2.29. The summed E-state index contributed by atoms with van der Waals surface area (Å²) >= 11 is 0. The summed E-state index contributed by atoms with van der Waals surface area (Å²) in [6.07, 6.45) is 3.04. The van der Waals surface area contributed by atoms with Gasteiger partial charge in [0.25, 0.3) is 0 Å². The van der Waals surface area contributed by atoms with Gasteiger partial charge in [0.05, 0.1) is 12.7 Å². The molecule has 2 N–H and O–H groups in total. The number of aromatic hydroxyl groups is 2. The van der Waals surface area contributed by atoms with Gasteiger partial charge in [-0.05, 0) is 42.8 Å². The first-order chi connectivity index (χ1) is 10.0. The highest BCUT2D eigenvalue weighted by molar-refractivity contribution is 6.08. The molecule has 0 amide bonds. The van der Waals surface area contributed by atoms with E-state index in [9.17, 15) is 15.0 Å². The lowest BCUT2D eigenvalue weighted by Gasteiger charge is -2.05. The molecule has 0 atom stereocenters. The first-order valence-corrected chi connectivity index (χ1v) is 6.41. The van der Waals surface area contributed by atoms with Crippen LogP contribution in [-0.4, -0.2) is 23.1 Å². The first kappa shape index (κ1) is 14.7. The molecule has 0 aliphatic heterocycles. The highest BCUT2D eigenvalue weighted by Gasteiger charge is 2.12. The van der Waals surface area contributed by atoms with E-state index in [0.29, 0.717) is 5.56 Å². The van der Waals surface area contributed by atoms with E-state index in [1.54, 1.807) is 32.2 Å².